The SMILES string of the molecule is COCCn1ccc(NC(=O)NC(C)C)n1. The second-order valence-electron chi connectivity index (χ2n) is 3.71. The Morgan fingerprint density at radius 3 is 3.00 bits per heavy atom. The van der Waals surface area contributed by atoms with Gasteiger partial charge in [-0.1, -0.05) is 0 Å². The van der Waals surface area contributed by atoms with Crippen LogP contribution in [0.1, 0.15) is 13.8 Å². The highest BCUT2D eigenvalue weighted by atomic mass is 16.5. The van der Waals surface area contributed by atoms with Crippen molar-refractivity contribution >= 4 is 11.8 Å². The second kappa shape index (κ2) is 6.12. The van der Waals surface area contributed by atoms with Crippen molar-refractivity contribution in [2.75, 3.05) is 19.0 Å². The number of hydrogen-bond acceptors (Lipinski definition) is 3. The van der Waals surface area contributed by atoms with Crippen LogP contribution in [-0.4, -0.2) is 35.6 Å². The number of amides is 2. The van der Waals surface area contributed by atoms with Gasteiger partial charge in [0, 0.05) is 25.4 Å². The van der Waals surface area contributed by atoms with Crippen molar-refractivity contribution in [1.29, 1.82) is 0 Å². The lowest BCUT2D eigenvalue weighted by atomic mass is 10.4. The molecule has 2 amide bonds. The summed E-state index contributed by atoms with van der Waals surface area (Å²) < 4.78 is 6.64. The first-order valence-electron chi connectivity index (χ1n) is 5.21. The molecule has 0 spiro atoms. The molecule has 0 fully saturated rings. The van der Waals surface area contributed by atoms with E-state index in [2.05, 4.69) is 15.7 Å². The van der Waals surface area contributed by atoms with Crippen LogP contribution in [0.3, 0.4) is 0 Å². The molecule has 0 atom stereocenters. The molecule has 0 aliphatic rings. The van der Waals surface area contributed by atoms with Gasteiger partial charge in [0.25, 0.3) is 0 Å². The van der Waals surface area contributed by atoms with Crippen molar-refractivity contribution in [2.24, 2.45) is 0 Å². The fourth-order valence-corrected chi connectivity index (χ4v) is 1.15. The number of nitrogens with one attached hydrogen (secondary N) is 2. The molecule has 1 aromatic heterocycles. The van der Waals surface area contributed by atoms with E-state index in [0.717, 1.165) is 0 Å². The number of hydrogen-bond donors (Lipinski definition) is 2. The Morgan fingerprint density at radius 1 is 1.62 bits per heavy atom. The van der Waals surface area contributed by atoms with Crippen molar-refractivity contribution in [2.45, 2.75) is 26.4 Å². The number of aromatic nitrogens is 2. The van der Waals surface area contributed by atoms with Gasteiger partial charge in [-0.3, -0.25) is 10.00 Å². The van der Waals surface area contributed by atoms with Crippen molar-refractivity contribution in [3.63, 3.8) is 0 Å². The standard InChI is InChI=1S/C10H18N4O2/c1-8(2)11-10(15)12-9-4-5-14(13-9)6-7-16-3/h4-5,8H,6-7H2,1-3H3,(H2,11,12,13,15). The molecule has 1 rings (SSSR count). The predicted octanol–water partition coefficient (Wildman–Crippen LogP) is 1.06. The van der Waals surface area contributed by atoms with Crippen LogP contribution in [0.15, 0.2) is 12.3 Å². The zero-order valence-electron chi connectivity index (χ0n) is 9.86. The largest absolute Gasteiger partial charge is 0.383 e. The normalized spacial score (nSPS) is 10.5. The summed E-state index contributed by atoms with van der Waals surface area (Å²) >= 11 is 0. The lowest BCUT2D eigenvalue weighted by Gasteiger charge is -2.07. The molecular weight excluding hydrogens is 208 g/mol. The first-order chi connectivity index (χ1) is 7.61. The summed E-state index contributed by atoms with van der Waals surface area (Å²) in [6, 6.07) is 1.61. The summed E-state index contributed by atoms with van der Waals surface area (Å²) in [5.41, 5.74) is 0. The van der Waals surface area contributed by atoms with Gasteiger partial charge in [0.15, 0.2) is 5.82 Å². The van der Waals surface area contributed by atoms with Gasteiger partial charge in [-0.05, 0) is 13.8 Å². The van der Waals surface area contributed by atoms with Crippen molar-refractivity contribution in [3.05, 3.63) is 12.3 Å². The molecule has 0 saturated carbocycles. The number of urea groups is 1. The lowest BCUT2D eigenvalue weighted by Crippen LogP contribution is -2.34. The number of nitrogens with zero attached hydrogens (tertiary/aromatic N) is 2. The molecule has 0 aliphatic heterocycles. The number of anilines is 1. The smallest absolute Gasteiger partial charge is 0.320 e. The number of ether oxygens (including phenoxy) is 1. The van der Waals surface area contributed by atoms with E-state index < -0.39 is 0 Å². The lowest BCUT2D eigenvalue weighted by molar-refractivity contribution is 0.183. The Balaban J connectivity index is 2.42. The molecule has 90 valence electrons. The van der Waals surface area contributed by atoms with Crippen LogP contribution < -0.4 is 10.6 Å². The zero-order valence-corrected chi connectivity index (χ0v) is 9.86. The van der Waals surface area contributed by atoms with E-state index in [-0.39, 0.29) is 12.1 Å². The van der Waals surface area contributed by atoms with E-state index in [4.69, 9.17) is 4.74 Å². The van der Waals surface area contributed by atoms with E-state index >= 15 is 0 Å². The maximum absolute atomic E-state index is 11.4. The van der Waals surface area contributed by atoms with Crippen LogP contribution >= 0.6 is 0 Å². The van der Waals surface area contributed by atoms with E-state index in [1.807, 2.05) is 13.8 Å². The summed E-state index contributed by atoms with van der Waals surface area (Å²) in [5, 5.41) is 9.53. The summed E-state index contributed by atoms with van der Waals surface area (Å²) in [7, 11) is 1.64. The molecule has 1 heterocycles. The highest BCUT2D eigenvalue weighted by Gasteiger charge is 2.05. The van der Waals surface area contributed by atoms with Crippen LogP contribution in [-0.2, 0) is 11.3 Å². The van der Waals surface area contributed by atoms with Crippen LogP contribution in [0.4, 0.5) is 10.6 Å². The van der Waals surface area contributed by atoms with E-state index in [0.29, 0.717) is 19.0 Å². The molecule has 0 aliphatic carbocycles. The highest BCUT2D eigenvalue weighted by Crippen LogP contribution is 2.01. The molecule has 16 heavy (non-hydrogen) atoms. The molecule has 1 aromatic rings. The predicted molar refractivity (Wildman–Crippen MR) is 61.4 cm³/mol. The molecule has 6 heteroatoms. The van der Waals surface area contributed by atoms with Crippen molar-refractivity contribution in [3.8, 4) is 0 Å². The molecular formula is C10H18N4O2. The summed E-state index contributed by atoms with van der Waals surface area (Å²) in [6.45, 7) is 5.07. The van der Waals surface area contributed by atoms with E-state index in [1.165, 1.54) is 0 Å². The topological polar surface area (TPSA) is 68.2 Å². The average Bonchev–Trinajstić information content (AvgIpc) is 2.61. The minimum atomic E-state index is -0.244. The quantitative estimate of drug-likeness (QED) is 0.788. The molecule has 0 radical (unpaired) electrons. The average molecular weight is 226 g/mol. The van der Waals surface area contributed by atoms with Crippen LogP contribution in [0.5, 0.6) is 0 Å². The van der Waals surface area contributed by atoms with E-state index in [9.17, 15) is 4.79 Å². The minimum Gasteiger partial charge on any atom is -0.383 e. The second-order valence-corrected chi connectivity index (χ2v) is 3.71. The Bertz CT molecular complexity index is 335. The van der Waals surface area contributed by atoms with Crippen LogP contribution in [0, 0.1) is 0 Å². The minimum absolute atomic E-state index is 0.107. The Hall–Kier alpha value is -1.56. The molecule has 0 bridgehead atoms. The highest BCUT2D eigenvalue weighted by molar-refractivity contribution is 5.88. The third-order valence-corrected chi connectivity index (χ3v) is 1.83. The number of carbonyl (C=O) groups excluding carboxylic acids is 1. The van der Waals surface area contributed by atoms with Gasteiger partial charge in [0.05, 0.1) is 13.2 Å². The van der Waals surface area contributed by atoms with Crippen LogP contribution in [0.2, 0.25) is 0 Å². The van der Waals surface area contributed by atoms with Gasteiger partial charge < -0.3 is 10.1 Å². The Labute approximate surface area is 95.0 Å². The molecule has 2 N–H and O–H groups in total. The van der Waals surface area contributed by atoms with Crippen molar-refractivity contribution in [1.82, 2.24) is 15.1 Å². The maximum atomic E-state index is 11.4. The summed E-state index contributed by atoms with van der Waals surface area (Å²) in [6.07, 6.45) is 1.80. The van der Waals surface area contributed by atoms with Gasteiger partial charge >= 0.3 is 6.03 Å². The molecule has 6 nitrogen and oxygen atoms in total. The number of carbonyl (C=O) groups is 1. The van der Waals surface area contributed by atoms with E-state index in [1.54, 1.807) is 24.1 Å². The van der Waals surface area contributed by atoms with Gasteiger partial charge in [0.2, 0.25) is 0 Å². The fraction of sp³-hybridized carbons (Fsp3) is 0.600. The van der Waals surface area contributed by atoms with Gasteiger partial charge in [0.1, 0.15) is 0 Å². The van der Waals surface area contributed by atoms with Gasteiger partial charge in [-0.15, -0.1) is 0 Å². The molecule has 0 unspecified atom stereocenters. The van der Waals surface area contributed by atoms with Crippen LogP contribution in [0.25, 0.3) is 0 Å². The Kier molecular flexibility index (Phi) is 4.78. The fourth-order valence-electron chi connectivity index (χ4n) is 1.15. The molecule has 0 aromatic carbocycles. The molecule has 0 saturated heterocycles. The summed E-state index contributed by atoms with van der Waals surface area (Å²) in [4.78, 5) is 11.4. The van der Waals surface area contributed by atoms with Gasteiger partial charge in [-0.25, -0.2) is 4.79 Å². The van der Waals surface area contributed by atoms with Gasteiger partial charge in [-0.2, -0.15) is 5.10 Å². The Morgan fingerprint density at radius 2 is 2.38 bits per heavy atom. The maximum Gasteiger partial charge on any atom is 0.320 e. The zero-order chi connectivity index (χ0) is 12.0. The third kappa shape index (κ3) is 4.31. The van der Waals surface area contributed by atoms with Crippen molar-refractivity contribution < 1.29 is 9.53 Å². The summed E-state index contributed by atoms with van der Waals surface area (Å²) in [5.74, 6) is 0.536. The monoisotopic (exact) mass is 226 g/mol. The first kappa shape index (κ1) is 12.5. The number of rotatable bonds is 5. The third-order valence-electron chi connectivity index (χ3n) is 1.83. The number of methoxy groups -OCH3 is 1. The first-order valence-corrected chi connectivity index (χ1v) is 5.21.